The summed E-state index contributed by atoms with van der Waals surface area (Å²) < 4.78 is 12.2. The Balaban J connectivity index is 1.69. The normalized spacial score (nSPS) is 11.9. The highest BCUT2D eigenvalue weighted by molar-refractivity contribution is 7.19. The molecule has 0 bridgehead atoms. The molecular formula is C21H27N3O3S. The monoisotopic (exact) mass is 401 g/mol. The Morgan fingerprint density at radius 2 is 2.04 bits per heavy atom. The molecule has 0 unspecified atom stereocenters. The summed E-state index contributed by atoms with van der Waals surface area (Å²) in [5.74, 6) is 0.948. The lowest BCUT2D eigenvalue weighted by Crippen LogP contribution is -2.23. The molecule has 0 spiro atoms. The van der Waals surface area contributed by atoms with Crippen molar-refractivity contribution in [2.24, 2.45) is 0 Å². The second kappa shape index (κ2) is 8.31. The molecule has 0 aliphatic rings. The second-order valence-electron chi connectivity index (χ2n) is 7.75. The molecule has 0 saturated heterocycles. The highest BCUT2D eigenvalue weighted by atomic mass is 32.1. The zero-order valence-electron chi connectivity index (χ0n) is 16.9. The van der Waals surface area contributed by atoms with E-state index in [-0.39, 0.29) is 5.97 Å². The number of thiazole rings is 1. The van der Waals surface area contributed by atoms with Crippen LogP contribution >= 0.6 is 11.3 Å². The summed E-state index contributed by atoms with van der Waals surface area (Å²) in [4.78, 5) is 20.9. The van der Waals surface area contributed by atoms with Gasteiger partial charge in [-0.25, -0.2) is 9.97 Å². The van der Waals surface area contributed by atoms with Gasteiger partial charge in [0.2, 0.25) is 0 Å². The summed E-state index contributed by atoms with van der Waals surface area (Å²) in [5.41, 5.74) is 7.25. The first-order chi connectivity index (χ1) is 13.3. The van der Waals surface area contributed by atoms with Crippen molar-refractivity contribution in [3.8, 4) is 5.75 Å². The molecule has 150 valence electrons. The maximum absolute atomic E-state index is 11.7. The third-order valence-electron chi connectivity index (χ3n) is 4.05. The van der Waals surface area contributed by atoms with Gasteiger partial charge in [-0.2, -0.15) is 0 Å². The molecule has 7 heteroatoms. The van der Waals surface area contributed by atoms with E-state index in [2.05, 4.69) is 16.9 Å². The predicted molar refractivity (Wildman–Crippen MR) is 114 cm³/mol. The molecule has 0 saturated carbocycles. The van der Waals surface area contributed by atoms with Gasteiger partial charge in [0.05, 0.1) is 21.8 Å². The molecule has 0 atom stereocenters. The summed E-state index contributed by atoms with van der Waals surface area (Å²) in [6.07, 6.45) is 2.92. The van der Waals surface area contributed by atoms with Crippen LogP contribution in [0.3, 0.4) is 0 Å². The number of benzene rings is 1. The van der Waals surface area contributed by atoms with E-state index in [0.717, 1.165) is 39.0 Å². The Morgan fingerprint density at radius 1 is 1.25 bits per heavy atom. The van der Waals surface area contributed by atoms with Crippen molar-refractivity contribution in [1.29, 1.82) is 0 Å². The van der Waals surface area contributed by atoms with Gasteiger partial charge in [0, 0.05) is 17.9 Å². The smallest absolute Gasteiger partial charge is 0.306 e. The van der Waals surface area contributed by atoms with Gasteiger partial charge >= 0.3 is 5.97 Å². The molecule has 3 aromatic rings. The number of ether oxygens (including phenoxy) is 2. The number of nitrogen functional groups attached to an aromatic ring is 1. The van der Waals surface area contributed by atoms with Crippen LogP contribution in [-0.2, 0) is 16.0 Å². The van der Waals surface area contributed by atoms with Crippen LogP contribution in [0.2, 0.25) is 0 Å². The summed E-state index contributed by atoms with van der Waals surface area (Å²) >= 11 is 1.68. The number of aryl methyl sites for hydroxylation is 1. The van der Waals surface area contributed by atoms with Gasteiger partial charge in [-0.15, -0.1) is 11.3 Å². The Kier molecular flexibility index (Phi) is 6.03. The number of rotatable bonds is 7. The quantitative estimate of drug-likeness (QED) is 0.448. The van der Waals surface area contributed by atoms with E-state index in [9.17, 15) is 4.79 Å². The van der Waals surface area contributed by atoms with Crippen molar-refractivity contribution in [2.75, 3.05) is 12.3 Å². The Hall–Kier alpha value is -2.41. The fourth-order valence-corrected chi connectivity index (χ4v) is 4.12. The molecule has 0 aliphatic carbocycles. The molecule has 2 N–H and O–H groups in total. The van der Waals surface area contributed by atoms with E-state index in [1.54, 1.807) is 11.3 Å². The van der Waals surface area contributed by atoms with Gasteiger partial charge < -0.3 is 15.2 Å². The average molecular weight is 402 g/mol. The molecule has 2 heterocycles. The highest BCUT2D eigenvalue weighted by Crippen LogP contribution is 2.34. The summed E-state index contributed by atoms with van der Waals surface area (Å²) in [6, 6.07) is 5.81. The van der Waals surface area contributed by atoms with Gasteiger partial charge in [-0.1, -0.05) is 6.92 Å². The first-order valence-corrected chi connectivity index (χ1v) is 10.4. The number of pyridine rings is 1. The fraction of sp³-hybridized carbons (Fsp3) is 0.476. The summed E-state index contributed by atoms with van der Waals surface area (Å²) in [6.45, 7) is 8.16. The second-order valence-corrected chi connectivity index (χ2v) is 8.83. The minimum Gasteiger partial charge on any atom is -0.494 e. The number of nitrogens with zero attached hydrogens (tertiary/aromatic N) is 2. The molecular weight excluding hydrogens is 374 g/mol. The number of hydrogen-bond acceptors (Lipinski definition) is 7. The van der Waals surface area contributed by atoms with Crippen molar-refractivity contribution in [2.45, 2.75) is 59.0 Å². The number of hydrogen-bond donors (Lipinski definition) is 1. The van der Waals surface area contributed by atoms with E-state index in [4.69, 9.17) is 15.2 Å². The van der Waals surface area contributed by atoms with Gasteiger partial charge in [-0.05, 0) is 52.2 Å². The molecule has 0 amide bonds. The van der Waals surface area contributed by atoms with Crippen molar-refractivity contribution in [3.05, 3.63) is 23.2 Å². The summed E-state index contributed by atoms with van der Waals surface area (Å²) in [7, 11) is 0. The molecule has 6 nitrogen and oxygen atoms in total. The minimum absolute atomic E-state index is 0.209. The predicted octanol–water partition coefficient (Wildman–Crippen LogP) is 4.88. The van der Waals surface area contributed by atoms with Crippen molar-refractivity contribution < 1.29 is 14.3 Å². The van der Waals surface area contributed by atoms with E-state index >= 15 is 0 Å². The van der Waals surface area contributed by atoms with Crippen LogP contribution < -0.4 is 10.5 Å². The van der Waals surface area contributed by atoms with Gasteiger partial charge in [-0.3, -0.25) is 4.79 Å². The van der Waals surface area contributed by atoms with E-state index < -0.39 is 5.60 Å². The standard InChI is InChI=1S/C21H27N3O3S/c1-5-7-16-24-18-19(28-16)14-10-9-13(12-15(14)23-20(18)22)26-11-6-8-17(25)27-21(2,3)4/h9-10,12H,5-8,11H2,1-4H3,(H2,22,23). The maximum atomic E-state index is 11.7. The number of esters is 1. The highest BCUT2D eigenvalue weighted by Gasteiger charge is 2.16. The average Bonchev–Trinajstić information content (AvgIpc) is 3.02. The molecule has 0 radical (unpaired) electrons. The van der Waals surface area contributed by atoms with Crippen molar-refractivity contribution >= 4 is 44.2 Å². The largest absolute Gasteiger partial charge is 0.494 e. The Morgan fingerprint density at radius 3 is 2.75 bits per heavy atom. The van der Waals surface area contributed by atoms with Crippen LogP contribution in [0.1, 0.15) is 52.0 Å². The Bertz CT molecular complexity index is 992. The SMILES string of the molecule is CCCc1nc2c(N)nc3cc(OCCCC(=O)OC(C)(C)C)ccc3c2s1. The van der Waals surface area contributed by atoms with Crippen LogP contribution in [-0.4, -0.2) is 28.1 Å². The maximum Gasteiger partial charge on any atom is 0.306 e. The minimum atomic E-state index is -0.457. The zero-order valence-corrected chi connectivity index (χ0v) is 17.7. The molecule has 0 fully saturated rings. The molecule has 28 heavy (non-hydrogen) atoms. The lowest BCUT2D eigenvalue weighted by atomic mass is 10.2. The fourth-order valence-electron chi connectivity index (χ4n) is 2.91. The van der Waals surface area contributed by atoms with Crippen molar-refractivity contribution in [3.63, 3.8) is 0 Å². The van der Waals surface area contributed by atoms with Gasteiger partial charge in [0.1, 0.15) is 16.9 Å². The lowest BCUT2D eigenvalue weighted by molar-refractivity contribution is -0.155. The third kappa shape index (κ3) is 4.90. The van der Waals surface area contributed by atoms with Crippen LogP contribution in [0.5, 0.6) is 5.75 Å². The number of carbonyl (C=O) groups excluding carboxylic acids is 1. The van der Waals surface area contributed by atoms with E-state index in [0.29, 0.717) is 31.0 Å². The van der Waals surface area contributed by atoms with Gasteiger partial charge in [0.15, 0.2) is 5.82 Å². The zero-order chi connectivity index (χ0) is 20.3. The first kappa shape index (κ1) is 20.3. The van der Waals surface area contributed by atoms with Crippen molar-refractivity contribution in [1.82, 2.24) is 9.97 Å². The van der Waals surface area contributed by atoms with Crippen LogP contribution in [0.25, 0.3) is 21.1 Å². The number of anilines is 1. The molecule has 3 rings (SSSR count). The van der Waals surface area contributed by atoms with Gasteiger partial charge in [0.25, 0.3) is 0 Å². The summed E-state index contributed by atoms with van der Waals surface area (Å²) in [5, 5.41) is 2.12. The van der Waals surface area contributed by atoms with E-state index in [1.807, 2.05) is 39.0 Å². The topological polar surface area (TPSA) is 87.3 Å². The third-order valence-corrected chi connectivity index (χ3v) is 5.20. The first-order valence-electron chi connectivity index (χ1n) is 9.60. The van der Waals surface area contributed by atoms with Crippen LogP contribution in [0.4, 0.5) is 5.82 Å². The number of carbonyl (C=O) groups is 1. The molecule has 0 aliphatic heterocycles. The van der Waals surface area contributed by atoms with E-state index in [1.165, 1.54) is 0 Å². The number of fused-ring (bicyclic) bond motifs is 3. The van der Waals surface area contributed by atoms with Crippen LogP contribution in [0.15, 0.2) is 18.2 Å². The Labute approximate surface area is 169 Å². The number of nitrogens with two attached hydrogens (primary N) is 1. The number of aromatic nitrogens is 2. The lowest BCUT2D eigenvalue weighted by Gasteiger charge is -2.19. The van der Waals surface area contributed by atoms with Crippen LogP contribution in [0, 0.1) is 0 Å². The molecule has 1 aromatic carbocycles. The molecule has 2 aromatic heterocycles.